The Morgan fingerprint density at radius 1 is 1.50 bits per heavy atom. The van der Waals surface area contributed by atoms with Gasteiger partial charge in [-0.25, -0.2) is 0 Å². The average Bonchev–Trinajstić information content (AvgIpc) is 2.37. The maximum Gasteiger partial charge on any atom is -0.870 e. The standard InChI is InChI=1S/C9H11N3S2.2ClH.H2O.Ru/c1-7(11-12-9(13)14-2)8-5-3-4-6-10-8;;;;/h3-6H,1-2H3,(H,10,12,13);2*1H;1H2;/q;;;;+2/p-3. The molecule has 0 saturated heterocycles. The minimum atomic E-state index is -0.346. The van der Waals surface area contributed by atoms with Crippen molar-refractivity contribution in [3.8, 4) is 0 Å². The van der Waals surface area contributed by atoms with Crippen LogP contribution in [0, 0.1) is 0 Å². The van der Waals surface area contributed by atoms with Gasteiger partial charge in [0.25, 0.3) is 0 Å². The van der Waals surface area contributed by atoms with E-state index in [9.17, 15) is 0 Å². The zero-order valence-electron chi connectivity index (χ0n) is 9.56. The summed E-state index contributed by atoms with van der Waals surface area (Å²) in [4.78, 5) is 4.15. The summed E-state index contributed by atoms with van der Waals surface area (Å²) in [6.45, 7) is 1.87. The zero-order chi connectivity index (χ0) is 13.1. The number of nitrogens with zero attached hydrogens (tertiary/aromatic N) is 3. The van der Waals surface area contributed by atoms with Gasteiger partial charge in [-0.15, -0.1) is 0 Å². The Morgan fingerprint density at radius 3 is 2.56 bits per heavy atom. The monoisotopic (exact) mass is 414 g/mol. The van der Waals surface area contributed by atoms with Gasteiger partial charge in [-0.2, -0.15) is 0 Å². The van der Waals surface area contributed by atoms with Gasteiger partial charge in [0, 0.05) is 11.9 Å². The van der Waals surface area contributed by atoms with Crippen LogP contribution in [0.3, 0.4) is 0 Å². The van der Waals surface area contributed by atoms with E-state index >= 15 is 0 Å². The van der Waals surface area contributed by atoms with Crippen LogP contribution >= 0.6 is 31.1 Å². The number of hydrogen-bond acceptors (Lipinski definition) is 4. The number of halogens is 2. The van der Waals surface area contributed by atoms with Gasteiger partial charge >= 0.3 is 34.5 Å². The van der Waals surface area contributed by atoms with E-state index in [1.807, 2.05) is 31.4 Å². The molecule has 104 valence electrons. The summed E-state index contributed by atoms with van der Waals surface area (Å²) in [5.74, 6) is 0. The molecule has 4 nitrogen and oxygen atoms in total. The Kier molecular flexibility index (Phi) is 15.6. The topological polar surface area (TPSA) is 69.3 Å². The molecule has 1 rings (SSSR count). The molecule has 0 radical (unpaired) electrons. The fraction of sp³-hybridized carbons (Fsp3) is 0.222. The van der Waals surface area contributed by atoms with Gasteiger partial charge in [0.05, 0.1) is 5.69 Å². The van der Waals surface area contributed by atoms with E-state index in [1.165, 1.54) is 11.8 Å². The molecule has 0 unspecified atom stereocenters. The van der Waals surface area contributed by atoms with Gasteiger partial charge in [-0.1, -0.05) is 17.8 Å². The summed E-state index contributed by atoms with van der Waals surface area (Å²) in [5, 5.41) is 4.01. The van der Waals surface area contributed by atoms with Gasteiger partial charge in [-0.3, -0.25) is 4.98 Å². The summed E-state index contributed by atoms with van der Waals surface area (Å²) >= 11 is 5.21. The molecule has 0 aliphatic carbocycles. The van der Waals surface area contributed by atoms with E-state index in [-0.39, 0.29) is 20.6 Å². The quantitative estimate of drug-likeness (QED) is 0.187. The Bertz CT molecular complexity index is 368. The number of thiol groups is 1. The second-order valence-corrected chi connectivity index (χ2v) is 6.70. The molecule has 18 heavy (non-hydrogen) atoms. The molecule has 0 bridgehead atoms. The van der Waals surface area contributed by atoms with Crippen LogP contribution in [0.4, 0.5) is 0 Å². The second-order valence-electron chi connectivity index (χ2n) is 2.54. The molecule has 0 fully saturated rings. The van der Waals surface area contributed by atoms with Gasteiger partial charge in [0.2, 0.25) is 0 Å². The molecule has 1 aromatic heterocycles. The van der Waals surface area contributed by atoms with Crippen LogP contribution in [0.25, 0.3) is 5.43 Å². The molecular weight excluding hydrogens is 402 g/mol. The Balaban J connectivity index is 0. The molecule has 0 aliphatic heterocycles. The van der Waals surface area contributed by atoms with E-state index in [0.717, 1.165) is 11.4 Å². The number of rotatable bonds is 2. The van der Waals surface area contributed by atoms with Crippen LogP contribution < -0.4 is 0 Å². The van der Waals surface area contributed by atoms with E-state index in [0.29, 0.717) is 4.32 Å². The molecule has 1 heterocycles. The molecule has 1 N–H and O–H groups in total. The first kappa shape index (κ1) is 20.5. The number of pyridine rings is 1. The van der Waals surface area contributed by atoms with E-state index in [4.69, 9.17) is 19.4 Å². The Hall–Kier alpha value is 0.223. The third-order valence-corrected chi connectivity index (χ3v) is 2.59. The normalized spacial score (nSPS) is 9.89. The third kappa shape index (κ3) is 10.2. The van der Waals surface area contributed by atoms with Crippen molar-refractivity contribution in [3.63, 3.8) is 0 Å². The van der Waals surface area contributed by atoms with Crippen molar-refractivity contribution in [2.45, 2.75) is 6.92 Å². The molecule has 0 amide bonds. The van der Waals surface area contributed by atoms with E-state index < -0.39 is 0 Å². The van der Waals surface area contributed by atoms with Gasteiger partial charge in [0.1, 0.15) is 0 Å². The minimum Gasteiger partial charge on any atom is -0.870 e. The summed E-state index contributed by atoms with van der Waals surface area (Å²) in [7, 11) is 9.71. The fourth-order valence-corrected chi connectivity index (χ4v) is 0.954. The Labute approximate surface area is 132 Å². The first-order chi connectivity index (χ1) is 8.15. The maximum atomic E-state index is 4.85. The summed E-state index contributed by atoms with van der Waals surface area (Å²) in [6.07, 6.45) is 3.63. The Morgan fingerprint density at radius 2 is 2.11 bits per heavy atom. The van der Waals surface area contributed by atoms with Crippen molar-refractivity contribution in [2.24, 2.45) is 5.10 Å². The molecular formula is C9H12Cl2N3ORuS2-. The molecule has 0 atom stereocenters. The molecule has 0 aromatic carbocycles. The van der Waals surface area contributed by atoms with Crippen molar-refractivity contribution in [2.75, 3.05) is 6.26 Å². The molecule has 9 heteroatoms. The smallest absolute Gasteiger partial charge is 0.870 e. The van der Waals surface area contributed by atoms with Crippen molar-refractivity contribution in [3.05, 3.63) is 35.5 Å². The maximum absolute atomic E-state index is 4.85. The largest absolute Gasteiger partial charge is 0.870 e. The van der Waals surface area contributed by atoms with Crippen LogP contribution in [0.15, 0.2) is 29.5 Å². The number of thioether (sulfide) groups is 1. The van der Waals surface area contributed by atoms with Gasteiger partial charge < -0.3 is 16.0 Å². The molecule has 0 spiro atoms. The summed E-state index contributed by atoms with van der Waals surface area (Å²) in [6, 6.07) is 5.68. The first-order valence-corrected chi connectivity index (χ1v) is 10.4. The predicted molar refractivity (Wildman–Crippen MR) is 80.7 cm³/mol. The van der Waals surface area contributed by atoms with Crippen LogP contribution in [-0.2, 0) is 27.4 Å². The molecule has 0 aliphatic rings. The van der Waals surface area contributed by atoms with Crippen molar-refractivity contribution in [1.29, 1.82) is 0 Å². The third-order valence-electron chi connectivity index (χ3n) is 1.50. The van der Waals surface area contributed by atoms with Crippen LogP contribution in [0.5, 0.6) is 0 Å². The van der Waals surface area contributed by atoms with E-state index in [1.54, 1.807) is 6.20 Å². The minimum absolute atomic E-state index is 0. The van der Waals surface area contributed by atoms with Gasteiger partial charge in [-0.05, 0) is 25.3 Å². The molecule has 0 saturated carbocycles. The van der Waals surface area contributed by atoms with E-state index in [2.05, 4.69) is 27.7 Å². The number of hydrogen-bond donors (Lipinski definition) is 0. The zero-order valence-corrected chi connectivity index (χ0v) is 14.5. The van der Waals surface area contributed by atoms with Gasteiger partial charge in [0.15, 0.2) is 16.5 Å². The summed E-state index contributed by atoms with van der Waals surface area (Å²) < 4.78 is 0.639. The van der Waals surface area contributed by atoms with Crippen molar-refractivity contribution < 1.29 is 20.6 Å². The summed E-state index contributed by atoms with van der Waals surface area (Å²) in [5.41, 5.74) is 5.53. The fourth-order valence-electron chi connectivity index (χ4n) is 0.787. The molecule has 1 aromatic rings. The van der Waals surface area contributed by atoms with Crippen LogP contribution in [0.1, 0.15) is 12.6 Å². The average molecular weight is 414 g/mol. The first-order valence-electron chi connectivity index (χ1n) is 4.27. The second kappa shape index (κ2) is 13.7. The number of aromatic nitrogens is 1. The van der Waals surface area contributed by atoms with Crippen molar-refractivity contribution >= 4 is 53.4 Å². The van der Waals surface area contributed by atoms with Crippen molar-refractivity contribution in [1.82, 2.24) is 4.98 Å². The predicted octanol–water partition coefficient (Wildman–Crippen LogP) is 3.11. The van der Waals surface area contributed by atoms with Crippen LogP contribution in [0.2, 0.25) is 0 Å². The SMILES string of the molecule is CSC(=[SH+])[N-]N=C(C)c1ccccn1.[Cl][Ru][Cl].[OH-]. The van der Waals surface area contributed by atoms with Crippen LogP contribution in [-0.4, -0.2) is 26.7 Å².